The maximum atomic E-state index is 13.4. The molecule has 0 aliphatic carbocycles. The van der Waals surface area contributed by atoms with Crippen molar-refractivity contribution in [1.82, 2.24) is 4.98 Å². The molecule has 0 atom stereocenters. The molecule has 0 aliphatic rings. The summed E-state index contributed by atoms with van der Waals surface area (Å²) in [6, 6.07) is 21.9. The monoisotopic (exact) mass is 450 g/mol. The zero-order chi connectivity index (χ0) is 19.7. The molecular weight excluding hydrogens is 432 g/mol. The van der Waals surface area contributed by atoms with Gasteiger partial charge in [0.1, 0.15) is 0 Å². The molecule has 0 N–H and O–H groups in total. The Bertz CT molecular complexity index is 1150. The van der Waals surface area contributed by atoms with E-state index in [1.54, 1.807) is 4.90 Å². The van der Waals surface area contributed by atoms with Crippen LogP contribution in [0.1, 0.15) is 27.0 Å². The topological polar surface area (TPSA) is 33.2 Å². The van der Waals surface area contributed by atoms with Crippen LogP contribution in [0.3, 0.4) is 0 Å². The Kier molecular flexibility index (Phi) is 5.29. The number of carbonyl (C=O) groups excluding carboxylic acids is 1. The largest absolute Gasteiger partial charge is 0.279 e. The molecule has 0 aliphatic heterocycles. The lowest BCUT2D eigenvalue weighted by atomic mass is 10.1. The minimum atomic E-state index is -0.0370. The fraction of sp³-hybridized carbons (Fsp3) is 0.130. The van der Waals surface area contributed by atoms with Crippen molar-refractivity contribution in [3.8, 4) is 0 Å². The van der Waals surface area contributed by atoms with E-state index < -0.39 is 0 Å². The van der Waals surface area contributed by atoms with E-state index in [4.69, 9.17) is 4.98 Å². The number of benzene rings is 3. The Morgan fingerprint density at radius 2 is 1.79 bits per heavy atom. The van der Waals surface area contributed by atoms with Gasteiger partial charge in [0.25, 0.3) is 5.91 Å². The average Bonchev–Trinajstić information content (AvgIpc) is 3.11. The summed E-state index contributed by atoms with van der Waals surface area (Å²) in [6.45, 7) is 4.56. The Hall–Kier alpha value is -2.50. The molecule has 1 aromatic heterocycles. The Balaban J connectivity index is 1.78. The van der Waals surface area contributed by atoms with Gasteiger partial charge in [0.2, 0.25) is 0 Å². The third kappa shape index (κ3) is 3.86. The van der Waals surface area contributed by atoms with Gasteiger partial charge in [-0.1, -0.05) is 63.7 Å². The zero-order valence-corrected chi connectivity index (χ0v) is 18.0. The number of anilines is 1. The van der Waals surface area contributed by atoms with Crippen LogP contribution < -0.4 is 4.90 Å². The summed E-state index contributed by atoms with van der Waals surface area (Å²) >= 11 is 5.04. The highest BCUT2D eigenvalue weighted by atomic mass is 79.9. The SMILES string of the molecule is Cc1ccc(C(=O)N(Cc2ccccc2)c2nc3ccc(Br)cc3s2)cc1C. The van der Waals surface area contributed by atoms with Crippen LogP contribution in [-0.2, 0) is 6.54 Å². The van der Waals surface area contributed by atoms with Gasteiger partial charge in [-0.05, 0) is 60.9 Å². The van der Waals surface area contributed by atoms with Crippen LogP contribution in [0.15, 0.2) is 71.2 Å². The second kappa shape index (κ2) is 7.86. The van der Waals surface area contributed by atoms with Crippen LogP contribution in [0.4, 0.5) is 5.13 Å². The predicted molar refractivity (Wildman–Crippen MR) is 120 cm³/mol. The van der Waals surface area contributed by atoms with E-state index in [1.165, 1.54) is 16.9 Å². The number of thiazole rings is 1. The van der Waals surface area contributed by atoms with E-state index in [0.717, 1.165) is 25.8 Å². The number of aromatic nitrogens is 1. The zero-order valence-electron chi connectivity index (χ0n) is 15.6. The molecule has 3 aromatic carbocycles. The van der Waals surface area contributed by atoms with Crippen LogP contribution in [0, 0.1) is 13.8 Å². The smallest absolute Gasteiger partial charge is 0.260 e. The van der Waals surface area contributed by atoms with E-state index in [-0.39, 0.29) is 5.91 Å². The van der Waals surface area contributed by atoms with Crippen molar-refractivity contribution >= 4 is 48.5 Å². The molecule has 1 amide bonds. The number of amides is 1. The minimum absolute atomic E-state index is 0.0370. The summed E-state index contributed by atoms with van der Waals surface area (Å²) in [5.41, 5.74) is 4.93. The highest BCUT2D eigenvalue weighted by molar-refractivity contribution is 9.10. The molecule has 0 bridgehead atoms. The fourth-order valence-corrected chi connectivity index (χ4v) is 4.54. The van der Waals surface area contributed by atoms with Crippen LogP contribution in [0.25, 0.3) is 10.2 Å². The average molecular weight is 451 g/mol. The lowest BCUT2D eigenvalue weighted by Crippen LogP contribution is -2.30. The molecule has 28 heavy (non-hydrogen) atoms. The van der Waals surface area contributed by atoms with E-state index in [1.807, 2.05) is 73.7 Å². The molecule has 4 aromatic rings. The molecule has 1 heterocycles. The van der Waals surface area contributed by atoms with Gasteiger partial charge in [-0.25, -0.2) is 4.98 Å². The van der Waals surface area contributed by atoms with Gasteiger partial charge in [0.15, 0.2) is 5.13 Å². The van der Waals surface area contributed by atoms with Crippen molar-refractivity contribution in [3.05, 3.63) is 93.5 Å². The van der Waals surface area contributed by atoms with E-state index in [0.29, 0.717) is 17.2 Å². The molecule has 0 fully saturated rings. The molecule has 5 heteroatoms. The highest BCUT2D eigenvalue weighted by Gasteiger charge is 2.22. The Morgan fingerprint density at radius 3 is 2.54 bits per heavy atom. The Morgan fingerprint density at radius 1 is 1.00 bits per heavy atom. The second-order valence-corrected chi connectivity index (χ2v) is 8.71. The van der Waals surface area contributed by atoms with Crippen molar-refractivity contribution in [3.63, 3.8) is 0 Å². The predicted octanol–water partition coefficient (Wildman–Crippen LogP) is 6.52. The summed E-state index contributed by atoms with van der Waals surface area (Å²) in [5, 5.41) is 0.709. The quantitative estimate of drug-likeness (QED) is 0.354. The van der Waals surface area contributed by atoms with Crippen molar-refractivity contribution in [2.75, 3.05) is 4.90 Å². The number of hydrogen-bond acceptors (Lipinski definition) is 3. The number of carbonyl (C=O) groups is 1. The van der Waals surface area contributed by atoms with Crippen molar-refractivity contribution in [2.24, 2.45) is 0 Å². The van der Waals surface area contributed by atoms with Crippen LogP contribution in [0.5, 0.6) is 0 Å². The molecule has 0 unspecified atom stereocenters. The first-order valence-electron chi connectivity index (χ1n) is 9.00. The van der Waals surface area contributed by atoms with Crippen molar-refractivity contribution < 1.29 is 4.79 Å². The van der Waals surface area contributed by atoms with Gasteiger partial charge >= 0.3 is 0 Å². The third-order valence-corrected chi connectivity index (χ3v) is 6.29. The van der Waals surface area contributed by atoms with Gasteiger partial charge in [-0.2, -0.15) is 0 Å². The third-order valence-electron chi connectivity index (χ3n) is 4.75. The lowest BCUT2D eigenvalue weighted by Gasteiger charge is -2.20. The van der Waals surface area contributed by atoms with Gasteiger partial charge in [-0.3, -0.25) is 9.69 Å². The molecule has 0 saturated heterocycles. The first-order chi connectivity index (χ1) is 13.5. The van der Waals surface area contributed by atoms with Gasteiger partial charge in [0, 0.05) is 10.0 Å². The second-order valence-electron chi connectivity index (χ2n) is 6.78. The summed E-state index contributed by atoms with van der Waals surface area (Å²) in [7, 11) is 0. The van der Waals surface area contributed by atoms with Gasteiger partial charge in [-0.15, -0.1) is 0 Å². The molecule has 4 rings (SSSR count). The van der Waals surface area contributed by atoms with Crippen LogP contribution >= 0.6 is 27.3 Å². The fourth-order valence-electron chi connectivity index (χ4n) is 3.02. The summed E-state index contributed by atoms with van der Waals surface area (Å²) in [4.78, 5) is 20.0. The van der Waals surface area contributed by atoms with Crippen LogP contribution in [-0.4, -0.2) is 10.9 Å². The van der Waals surface area contributed by atoms with Gasteiger partial charge in [0.05, 0.1) is 16.8 Å². The number of nitrogens with zero attached hydrogens (tertiary/aromatic N) is 2. The van der Waals surface area contributed by atoms with E-state index in [2.05, 4.69) is 22.9 Å². The Labute approximate surface area is 176 Å². The molecule has 140 valence electrons. The normalized spacial score (nSPS) is 11.0. The molecule has 0 saturated carbocycles. The maximum Gasteiger partial charge on any atom is 0.260 e. The highest BCUT2D eigenvalue weighted by Crippen LogP contribution is 2.32. The standard InChI is InChI=1S/C23H19BrN2OS/c1-15-8-9-18(12-16(15)2)22(27)26(14-17-6-4-3-5-7-17)23-25-20-11-10-19(24)13-21(20)28-23/h3-13H,14H2,1-2H3. The van der Waals surface area contributed by atoms with Crippen molar-refractivity contribution in [2.45, 2.75) is 20.4 Å². The molecular formula is C23H19BrN2OS. The molecule has 3 nitrogen and oxygen atoms in total. The molecule has 0 radical (unpaired) electrons. The van der Waals surface area contributed by atoms with Crippen molar-refractivity contribution in [1.29, 1.82) is 0 Å². The van der Waals surface area contributed by atoms with E-state index in [9.17, 15) is 4.79 Å². The first kappa shape index (κ1) is 18.8. The van der Waals surface area contributed by atoms with Crippen LogP contribution in [0.2, 0.25) is 0 Å². The first-order valence-corrected chi connectivity index (χ1v) is 10.6. The summed E-state index contributed by atoms with van der Waals surface area (Å²) < 4.78 is 2.06. The number of halogens is 1. The lowest BCUT2D eigenvalue weighted by molar-refractivity contribution is 0.0985. The number of rotatable bonds is 4. The number of aryl methyl sites for hydroxylation is 2. The summed E-state index contributed by atoms with van der Waals surface area (Å²) in [5.74, 6) is -0.0370. The molecule has 0 spiro atoms. The van der Waals surface area contributed by atoms with E-state index >= 15 is 0 Å². The maximum absolute atomic E-state index is 13.4. The number of fused-ring (bicyclic) bond motifs is 1. The summed E-state index contributed by atoms with van der Waals surface area (Å²) in [6.07, 6.45) is 0. The minimum Gasteiger partial charge on any atom is -0.279 e. The number of hydrogen-bond donors (Lipinski definition) is 0. The van der Waals surface area contributed by atoms with Gasteiger partial charge < -0.3 is 0 Å².